The zero-order chi connectivity index (χ0) is 18.1. The summed E-state index contributed by atoms with van der Waals surface area (Å²) in [6, 6.07) is 14.0. The Morgan fingerprint density at radius 1 is 1.04 bits per heavy atom. The first-order chi connectivity index (χ1) is 12.6. The van der Waals surface area contributed by atoms with Crippen molar-refractivity contribution in [3.05, 3.63) is 54.1 Å². The first kappa shape index (κ1) is 17.1. The molecule has 1 heterocycles. The van der Waals surface area contributed by atoms with Gasteiger partial charge in [-0.3, -0.25) is 9.10 Å². The number of carbonyl (C=O) groups is 1. The minimum atomic E-state index is -3.57. The van der Waals surface area contributed by atoms with Gasteiger partial charge < -0.3 is 5.32 Å². The molecule has 0 unspecified atom stereocenters. The monoisotopic (exact) mass is 370 g/mol. The number of amides is 1. The fraction of sp³-hybridized carbons (Fsp3) is 0.350. The van der Waals surface area contributed by atoms with Crippen LogP contribution in [0.25, 0.3) is 0 Å². The molecule has 136 valence electrons. The maximum atomic E-state index is 13.0. The predicted molar refractivity (Wildman–Crippen MR) is 102 cm³/mol. The summed E-state index contributed by atoms with van der Waals surface area (Å²) < 4.78 is 27.5. The zero-order valence-corrected chi connectivity index (χ0v) is 15.3. The van der Waals surface area contributed by atoms with E-state index < -0.39 is 10.0 Å². The third-order valence-corrected chi connectivity index (χ3v) is 7.06. The summed E-state index contributed by atoms with van der Waals surface area (Å²) in [5.74, 6) is 0.196. The van der Waals surface area contributed by atoms with Gasteiger partial charge in [0.15, 0.2) is 0 Å². The second kappa shape index (κ2) is 6.76. The van der Waals surface area contributed by atoms with Gasteiger partial charge in [0.1, 0.15) is 0 Å². The van der Waals surface area contributed by atoms with Gasteiger partial charge in [-0.2, -0.15) is 0 Å². The molecule has 0 bridgehead atoms. The summed E-state index contributed by atoms with van der Waals surface area (Å²) >= 11 is 0. The molecular weight excluding hydrogens is 348 g/mol. The van der Waals surface area contributed by atoms with Crippen LogP contribution in [0.1, 0.15) is 31.2 Å². The van der Waals surface area contributed by atoms with E-state index in [1.807, 2.05) is 12.1 Å². The third kappa shape index (κ3) is 3.09. The lowest BCUT2D eigenvalue weighted by molar-refractivity contribution is -0.122. The van der Waals surface area contributed by atoms with Crippen molar-refractivity contribution in [3.8, 4) is 0 Å². The maximum Gasteiger partial charge on any atom is 0.264 e. The molecular formula is C20H22N2O3S. The Morgan fingerprint density at radius 3 is 2.50 bits per heavy atom. The molecule has 0 atom stereocenters. The Morgan fingerprint density at radius 2 is 1.81 bits per heavy atom. The highest BCUT2D eigenvalue weighted by Crippen LogP contribution is 2.34. The first-order valence-corrected chi connectivity index (χ1v) is 10.5. The molecule has 1 aliphatic heterocycles. The van der Waals surface area contributed by atoms with Crippen molar-refractivity contribution in [2.45, 2.75) is 37.0 Å². The second-order valence-corrected chi connectivity index (χ2v) is 8.82. The molecule has 1 aliphatic carbocycles. The third-order valence-electron chi connectivity index (χ3n) is 5.23. The predicted octanol–water partition coefficient (Wildman–Crippen LogP) is 3.57. The highest BCUT2D eigenvalue weighted by Gasteiger charge is 2.30. The van der Waals surface area contributed by atoms with Gasteiger partial charge in [0.2, 0.25) is 5.91 Å². The summed E-state index contributed by atoms with van der Waals surface area (Å²) in [6.45, 7) is 0.470. The van der Waals surface area contributed by atoms with Gasteiger partial charge in [-0.25, -0.2) is 8.42 Å². The Bertz CT molecular complexity index is 921. The SMILES string of the molecule is O=C(Nc1ccc2c(c1)CCCN2S(=O)(=O)c1ccccc1)C1CCC1. The highest BCUT2D eigenvalue weighted by atomic mass is 32.2. The van der Waals surface area contributed by atoms with Crippen LogP contribution in [-0.2, 0) is 21.2 Å². The topological polar surface area (TPSA) is 66.5 Å². The molecule has 4 rings (SSSR count). The van der Waals surface area contributed by atoms with Gasteiger partial charge in [-0.15, -0.1) is 0 Å². The summed E-state index contributed by atoms with van der Waals surface area (Å²) in [6.07, 6.45) is 4.61. The van der Waals surface area contributed by atoms with Crippen LogP contribution in [0.2, 0.25) is 0 Å². The number of sulfonamides is 1. The van der Waals surface area contributed by atoms with Crippen molar-refractivity contribution in [2.24, 2.45) is 5.92 Å². The fourth-order valence-corrected chi connectivity index (χ4v) is 5.09. The molecule has 0 saturated heterocycles. The van der Waals surface area contributed by atoms with Gasteiger partial charge in [-0.1, -0.05) is 24.6 Å². The van der Waals surface area contributed by atoms with Crippen molar-refractivity contribution in [2.75, 3.05) is 16.2 Å². The molecule has 0 spiro atoms. The van der Waals surface area contributed by atoms with E-state index in [2.05, 4.69) is 5.32 Å². The number of rotatable bonds is 4. The molecule has 2 aromatic carbocycles. The summed E-state index contributed by atoms with van der Waals surface area (Å²) in [7, 11) is -3.57. The molecule has 1 N–H and O–H groups in total. The Balaban J connectivity index is 1.61. The lowest BCUT2D eigenvalue weighted by atomic mass is 9.85. The van der Waals surface area contributed by atoms with Crippen molar-refractivity contribution >= 4 is 27.3 Å². The molecule has 1 fully saturated rings. The largest absolute Gasteiger partial charge is 0.326 e. The van der Waals surface area contributed by atoms with Crippen molar-refractivity contribution < 1.29 is 13.2 Å². The zero-order valence-electron chi connectivity index (χ0n) is 14.5. The van der Waals surface area contributed by atoms with Crippen molar-refractivity contribution in [1.29, 1.82) is 0 Å². The van der Waals surface area contributed by atoms with Crippen LogP contribution in [0.15, 0.2) is 53.4 Å². The lowest BCUT2D eigenvalue weighted by Crippen LogP contribution is -2.35. The van der Waals surface area contributed by atoms with E-state index in [1.54, 1.807) is 36.4 Å². The van der Waals surface area contributed by atoms with E-state index in [1.165, 1.54) is 4.31 Å². The van der Waals surface area contributed by atoms with Crippen molar-refractivity contribution in [3.63, 3.8) is 0 Å². The molecule has 2 aliphatic rings. The van der Waals surface area contributed by atoms with Gasteiger partial charge in [0, 0.05) is 18.2 Å². The van der Waals surface area contributed by atoms with Gasteiger partial charge in [-0.05, 0) is 61.6 Å². The number of carbonyl (C=O) groups excluding carboxylic acids is 1. The molecule has 1 amide bonds. The number of anilines is 2. The minimum absolute atomic E-state index is 0.0702. The van der Waals surface area contributed by atoms with Crippen LogP contribution in [0.3, 0.4) is 0 Å². The van der Waals surface area contributed by atoms with Crippen LogP contribution in [0.4, 0.5) is 11.4 Å². The van der Waals surface area contributed by atoms with Crippen LogP contribution >= 0.6 is 0 Å². The Hall–Kier alpha value is -2.34. The quantitative estimate of drug-likeness (QED) is 0.895. The normalized spacial score (nSPS) is 17.3. The van der Waals surface area contributed by atoms with E-state index >= 15 is 0 Å². The smallest absolute Gasteiger partial charge is 0.264 e. The number of benzene rings is 2. The first-order valence-electron chi connectivity index (χ1n) is 9.07. The number of aryl methyl sites for hydroxylation is 1. The van der Waals surface area contributed by atoms with Crippen LogP contribution in [0, 0.1) is 5.92 Å². The summed E-state index contributed by atoms with van der Waals surface area (Å²) in [4.78, 5) is 12.5. The van der Waals surface area contributed by atoms with Gasteiger partial charge in [0.25, 0.3) is 10.0 Å². The highest BCUT2D eigenvalue weighted by molar-refractivity contribution is 7.92. The minimum Gasteiger partial charge on any atom is -0.326 e. The average Bonchev–Trinajstić information content (AvgIpc) is 2.60. The molecule has 0 radical (unpaired) electrons. The number of nitrogens with zero attached hydrogens (tertiary/aromatic N) is 1. The molecule has 0 aromatic heterocycles. The van der Waals surface area contributed by atoms with Crippen molar-refractivity contribution in [1.82, 2.24) is 0 Å². The molecule has 26 heavy (non-hydrogen) atoms. The van der Waals surface area contributed by atoms with Gasteiger partial charge in [0.05, 0.1) is 10.6 Å². The Labute approximate surface area is 154 Å². The van der Waals surface area contributed by atoms with E-state index in [0.717, 1.165) is 43.4 Å². The fourth-order valence-electron chi connectivity index (χ4n) is 3.52. The standard InChI is InChI=1S/C20H22N2O3S/c23-20(15-6-4-7-15)21-17-11-12-19-16(14-17)8-5-13-22(19)26(24,25)18-9-2-1-3-10-18/h1-3,9-12,14-15H,4-8,13H2,(H,21,23). The lowest BCUT2D eigenvalue weighted by Gasteiger charge is -2.31. The number of hydrogen-bond acceptors (Lipinski definition) is 3. The average molecular weight is 370 g/mol. The van der Waals surface area contributed by atoms with E-state index in [4.69, 9.17) is 0 Å². The number of nitrogens with one attached hydrogen (secondary N) is 1. The van der Waals surface area contributed by atoms with Crippen LogP contribution in [0.5, 0.6) is 0 Å². The summed E-state index contributed by atoms with van der Waals surface area (Å²) in [5, 5.41) is 2.97. The Kier molecular flexibility index (Phi) is 4.44. The molecule has 1 saturated carbocycles. The second-order valence-electron chi connectivity index (χ2n) is 6.95. The van der Waals surface area contributed by atoms with E-state index in [0.29, 0.717) is 17.1 Å². The summed E-state index contributed by atoms with van der Waals surface area (Å²) in [5.41, 5.74) is 2.42. The number of fused-ring (bicyclic) bond motifs is 1. The van der Waals surface area contributed by atoms with Gasteiger partial charge >= 0.3 is 0 Å². The molecule has 2 aromatic rings. The molecule has 5 nitrogen and oxygen atoms in total. The maximum absolute atomic E-state index is 13.0. The number of hydrogen-bond donors (Lipinski definition) is 1. The van der Waals surface area contributed by atoms with Crippen LogP contribution in [-0.4, -0.2) is 20.9 Å². The molecule has 6 heteroatoms. The van der Waals surface area contributed by atoms with Crippen LogP contribution < -0.4 is 9.62 Å². The van der Waals surface area contributed by atoms with E-state index in [9.17, 15) is 13.2 Å². The van der Waals surface area contributed by atoms with E-state index in [-0.39, 0.29) is 11.8 Å².